The maximum Gasteiger partial charge on any atom is 0.0375 e. The molecule has 1 saturated carbocycles. The molecule has 0 aromatic heterocycles. The molecule has 0 heterocycles. The lowest BCUT2D eigenvalue weighted by atomic mass is 9.87. The van der Waals surface area contributed by atoms with Crippen molar-refractivity contribution in [2.45, 2.75) is 65.3 Å². The predicted octanol–water partition coefficient (Wildman–Crippen LogP) is 3.79. The van der Waals surface area contributed by atoms with Crippen LogP contribution in [0.5, 0.6) is 0 Å². The third-order valence-electron chi connectivity index (χ3n) is 3.92. The van der Waals surface area contributed by atoms with E-state index in [0.29, 0.717) is 6.04 Å². The van der Waals surface area contributed by atoms with Crippen LogP contribution in [-0.4, -0.2) is 30.6 Å². The SMILES string of the molecule is C=C(CN(CCC)CCC)NC1CCC(C)CC1. The first-order valence-electron chi connectivity index (χ1n) is 7.82. The molecule has 1 N–H and O–H groups in total. The molecule has 0 spiro atoms. The Morgan fingerprint density at radius 2 is 1.67 bits per heavy atom. The fourth-order valence-corrected chi connectivity index (χ4v) is 2.91. The third kappa shape index (κ3) is 5.90. The maximum absolute atomic E-state index is 4.22. The minimum Gasteiger partial charge on any atom is -0.385 e. The van der Waals surface area contributed by atoms with Crippen LogP contribution in [0.1, 0.15) is 59.3 Å². The summed E-state index contributed by atoms with van der Waals surface area (Å²) in [6.45, 7) is 14.5. The Bertz CT molecular complexity index is 223. The van der Waals surface area contributed by atoms with Gasteiger partial charge in [-0.2, -0.15) is 0 Å². The van der Waals surface area contributed by atoms with Crippen LogP contribution in [0.2, 0.25) is 0 Å². The second kappa shape index (κ2) is 8.58. The highest BCUT2D eigenvalue weighted by Gasteiger charge is 2.18. The molecule has 0 aromatic rings. The van der Waals surface area contributed by atoms with E-state index in [-0.39, 0.29) is 0 Å². The van der Waals surface area contributed by atoms with E-state index in [1.807, 2.05) is 0 Å². The zero-order chi connectivity index (χ0) is 13.4. The molecule has 0 unspecified atom stereocenters. The summed E-state index contributed by atoms with van der Waals surface area (Å²) in [6.07, 6.45) is 7.85. The fourth-order valence-electron chi connectivity index (χ4n) is 2.91. The molecule has 1 fully saturated rings. The van der Waals surface area contributed by atoms with Gasteiger partial charge >= 0.3 is 0 Å². The van der Waals surface area contributed by atoms with E-state index in [1.165, 1.54) is 57.3 Å². The van der Waals surface area contributed by atoms with Gasteiger partial charge in [-0.25, -0.2) is 0 Å². The Morgan fingerprint density at radius 1 is 1.11 bits per heavy atom. The topological polar surface area (TPSA) is 15.3 Å². The van der Waals surface area contributed by atoms with Crippen LogP contribution >= 0.6 is 0 Å². The van der Waals surface area contributed by atoms with Gasteiger partial charge in [0.15, 0.2) is 0 Å². The van der Waals surface area contributed by atoms with E-state index in [4.69, 9.17) is 0 Å². The summed E-state index contributed by atoms with van der Waals surface area (Å²) in [5.74, 6) is 0.924. The number of nitrogens with zero attached hydrogens (tertiary/aromatic N) is 1. The average molecular weight is 252 g/mol. The standard InChI is InChI=1S/C16H32N2/c1-5-11-18(12-6-2)13-15(4)17-16-9-7-14(3)8-10-16/h14,16-17H,4-13H2,1-3H3. The summed E-state index contributed by atoms with van der Waals surface area (Å²) < 4.78 is 0. The third-order valence-corrected chi connectivity index (χ3v) is 3.92. The Hall–Kier alpha value is -0.500. The lowest BCUT2D eigenvalue weighted by Crippen LogP contribution is -2.37. The maximum atomic E-state index is 4.22. The molecule has 1 rings (SSSR count). The molecule has 1 aliphatic rings. The van der Waals surface area contributed by atoms with Crippen LogP contribution in [0.15, 0.2) is 12.3 Å². The molecule has 18 heavy (non-hydrogen) atoms. The van der Waals surface area contributed by atoms with Crippen molar-refractivity contribution in [3.8, 4) is 0 Å². The van der Waals surface area contributed by atoms with Crippen molar-refractivity contribution in [2.75, 3.05) is 19.6 Å². The van der Waals surface area contributed by atoms with E-state index in [2.05, 4.69) is 37.6 Å². The summed E-state index contributed by atoms with van der Waals surface area (Å²) in [5, 5.41) is 3.65. The number of hydrogen-bond donors (Lipinski definition) is 1. The van der Waals surface area contributed by atoms with Crippen molar-refractivity contribution in [1.29, 1.82) is 0 Å². The van der Waals surface area contributed by atoms with Crippen molar-refractivity contribution >= 4 is 0 Å². The molecule has 2 heteroatoms. The first-order valence-corrected chi connectivity index (χ1v) is 7.82. The first kappa shape index (κ1) is 15.6. The van der Waals surface area contributed by atoms with Gasteiger partial charge in [0.25, 0.3) is 0 Å². The zero-order valence-corrected chi connectivity index (χ0v) is 12.7. The van der Waals surface area contributed by atoms with E-state index >= 15 is 0 Å². The van der Waals surface area contributed by atoms with Crippen molar-refractivity contribution in [3.05, 3.63) is 12.3 Å². The lowest BCUT2D eigenvalue weighted by Gasteiger charge is -2.30. The predicted molar refractivity (Wildman–Crippen MR) is 80.7 cm³/mol. The smallest absolute Gasteiger partial charge is 0.0375 e. The molecular weight excluding hydrogens is 220 g/mol. The molecule has 0 aromatic carbocycles. The van der Waals surface area contributed by atoms with E-state index in [1.54, 1.807) is 0 Å². The second-order valence-electron chi connectivity index (χ2n) is 5.98. The number of hydrogen-bond acceptors (Lipinski definition) is 2. The van der Waals surface area contributed by atoms with Crippen LogP contribution < -0.4 is 5.32 Å². The van der Waals surface area contributed by atoms with Gasteiger partial charge in [-0.15, -0.1) is 0 Å². The van der Waals surface area contributed by atoms with Crippen molar-refractivity contribution in [1.82, 2.24) is 10.2 Å². The van der Waals surface area contributed by atoms with Gasteiger partial charge in [0, 0.05) is 18.3 Å². The van der Waals surface area contributed by atoms with Crippen LogP contribution in [0.25, 0.3) is 0 Å². The Kier molecular flexibility index (Phi) is 7.41. The van der Waals surface area contributed by atoms with E-state index in [0.717, 1.165) is 12.5 Å². The molecule has 1 aliphatic carbocycles. The average Bonchev–Trinajstić information content (AvgIpc) is 2.33. The van der Waals surface area contributed by atoms with Gasteiger partial charge in [0.05, 0.1) is 0 Å². The normalized spacial score (nSPS) is 24.2. The fraction of sp³-hybridized carbons (Fsp3) is 0.875. The van der Waals surface area contributed by atoms with Crippen LogP contribution in [0.3, 0.4) is 0 Å². The molecule has 0 radical (unpaired) electrons. The minimum atomic E-state index is 0.679. The van der Waals surface area contributed by atoms with Gasteiger partial charge in [0.1, 0.15) is 0 Å². The summed E-state index contributed by atoms with van der Waals surface area (Å²) in [7, 11) is 0. The van der Waals surface area contributed by atoms with Crippen molar-refractivity contribution in [2.24, 2.45) is 5.92 Å². The molecule has 0 atom stereocenters. The molecule has 0 bridgehead atoms. The molecule has 0 saturated heterocycles. The van der Waals surface area contributed by atoms with Crippen molar-refractivity contribution < 1.29 is 0 Å². The van der Waals surface area contributed by atoms with Gasteiger partial charge in [-0.3, -0.25) is 4.90 Å². The molecule has 0 amide bonds. The Balaban J connectivity index is 2.26. The highest BCUT2D eigenvalue weighted by molar-refractivity contribution is 4.97. The lowest BCUT2D eigenvalue weighted by molar-refractivity contribution is 0.276. The zero-order valence-electron chi connectivity index (χ0n) is 12.7. The molecule has 0 aliphatic heterocycles. The summed E-state index contributed by atoms with van der Waals surface area (Å²) in [6, 6.07) is 0.679. The van der Waals surface area contributed by atoms with Gasteiger partial charge < -0.3 is 5.32 Å². The van der Waals surface area contributed by atoms with Gasteiger partial charge in [-0.1, -0.05) is 27.4 Å². The summed E-state index contributed by atoms with van der Waals surface area (Å²) in [4.78, 5) is 2.51. The number of nitrogens with one attached hydrogen (secondary N) is 1. The quantitative estimate of drug-likeness (QED) is 0.707. The monoisotopic (exact) mass is 252 g/mol. The van der Waals surface area contributed by atoms with Crippen LogP contribution in [0, 0.1) is 5.92 Å². The highest BCUT2D eigenvalue weighted by atomic mass is 15.1. The highest BCUT2D eigenvalue weighted by Crippen LogP contribution is 2.23. The molecular formula is C16H32N2. The largest absolute Gasteiger partial charge is 0.385 e. The van der Waals surface area contributed by atoms with Gasteiger partial charge in [-0.05, 0) is 57.5 Å². The second-order valence-corrected chi connectivity index (χ2v) is 5.98. The Labute approximate surface area is 114 Å². The van der Waals surface area contributed by atoms with Gasteiger partial charge in [0.2, 0.25) is 0 Å². The summed E-state index contributed by atoms with van der Waals surface area (Å²) >= 11 is 0. The van der Waals surface area contributed by atoms with E-state index in [9.17, 15) is 0 Å². The van der Waals surface area contributed by atoms with Crippen LogP contribution in [0.4, 0.5) is 0 Å². The molecule has 106 valence electrons. The first-order chi connectivity index (χ1) is 8.65. The summed E-state index contributed by atoms with van der Waals surface area (Å²) in [5.41, 5.74) is 1.22. The number of rotatable bonds is 8. The molecule has 2 nitrogen and oxygen atoms in total. The van der Waals surface area contributed by atoms with Crippen LogP contribution in [-0.2, 0) is 0 Å². The van der Waals surface area contributed by atoms with Crippen molar-refractivity contribution in [3.63, 3.8) is 0 Å². The minimum absolute atomic E-state index is 0.679. The Morgan fingerprint density at radius 3 is 2.17 bits per heavy atom. The van der Waals surface area contributed by atoms with E-state index < -0.39 is 0 Å².